The number of halogens is 2. The number of nitrogens with one attached hydrogen (secondary N) is 1. The van der Waals surface area contributed by atoms with Gasteiger partial charge in [-0.15, -0.1) is 0 Å². The molecule has 2 aliphatic rings. The molecule has 0 saturated carbocycles. The molecule has 1 atom stereocenters. The molecule has 0 radical (unpaired) electrons. The van der Waals surface area contributed by atoms with Gasteiger partial charge in [0.15, 0.2) is 11.6 Å². The fraction of sp³-hybridized carbons (Fsp3) is 0.308. The zero-order chi connectivity index (χ0) is 24.0. The van der Waals surface area contributed by atoms with Gasteiger partial charge < -0.3 is 20.9 Å². The van der Waals surface area contributed by atoms with E-state index in [1.54, 1.807) is 30.3 Å². The summed E-state index contributed by atoms with van der Waals surface area (Å²) in [5.74, 6) is -1.56. The number of likely N-dealkylation sites (N-methyl/N-ethyl adjacent to an activating group) is 1. The predicted molar refractivity (Wildman–Crippen MR) is 130 cm³/mol. The molecule has 1 aromatic heterocycles. The molecule has 1 unspecified atom stereocenters. The minimum Gasteiger partial charge on any atom is -0.383 e. The Labute approximate surface area is 197 Å². The minimum absolute atomic E-state index is 0.0970. The number of carbonyl (C=O) groups is 1. The van der Waals surface area contributed by atoms with E-state index in [1.165, 1.54) is 6.20 Å². The quantitative estimate of drug-likeness (QED) is 0.617. The molecule has 1 amide bonds. The summed E-state index contributed by atoms with van der Waals surface area (Å²) in [6.45, 7) is 1.92. The average molecular weight is 464 g/mol. The molecule has 1 saturated heterocycles. The van der Waals surface area contributed by atoms with Gasteiger partial charge >= 0.3 is 0 Å². The van der Waals surface area contributed by atoms with Gasteiger partial charge in [0.1, 0.15) is 5.82 Å². The van der Waals surface area contributed by atoms with Crippen molar-refractivity contribution in [2.24, 2.45) is 0 Å². The second kappa shape index (κ2) is 8.68. The Morgan fingerprint density at radius 3 is 2.62 bits per heavy atom. The predicted octanol–water partition coefficient (Wildman–Crippen LogP) is 3.70. The standard InChI is InChI=1S/C26H27F2N5O/c1-32(2)18-8-10-33(14-18)22-6-5-19(23(27)24(22)28)17-12-21(25(29)31-13-17)15-3-4-20-16(11-15)7-9-30-26(20)34/h3-6,11-13,18H,7-10,14H2,1-2H3,(H2,29,31)(H,30,34). The van der Waals surface area contributed by atoms with E-state index in [0.717, 1.165) is 17.5 Å². The molecule has 3 aromatic rings. The van der Waals surface area contributed by atoms with E-state index < -0.39 is 11.6 Å². The summed E-state index contributed by atoms with van der Waals surface area (Å²) >= 11 is 0. The summed E-state index contributed by atoms with van der Waals surface area (Å²) < 4.78 is 30.4. The number of pyridine rings is 1. The number of benzene rings is 2. The fourth-order valence-corrected chi connectivity index (χ4v) is 4.84. The second-order valence-electron chi connectivity index (χ2n) is 9.15. The van der Waals surface area contributed by atoms with Crippen LogP contribution in [0.2, 0.25) is 0 Å². The van der Waals surface area contributed by atoms with Crippen LogP contribution in [-0.2, 0) is 6.42 Å². The first-order valence-electron chi connectivity index (χ1n) is 11.4. The van der Waals surface area contributed by atoms with Crippen LogP contribution in [0.5, 0.6) is 0 Å². The van der Waals surface area contributed by atoms with Gasteiger partial charge in [-0.3, -0.25) is 4.79 Å². The van der Waals surface area contributed by atoms with E-state index in [1.807, 2.05) is 25.1 Å². The van der Waals surface area contributed by atoms with Crippen LogP contribution in [0.25, 0.3) is 22.3 Å². The Kier molecular flexibility index (Phi) is 5.69. The van der Waals surface area contributed by atoms with Crippen molar-refractivity contribution in [1.82, 2.24) is 15.2 Å². The van der Waals surface area contributed by atoms with Crippen molar-refractivity contribution < 1.29 is 13.6 Å². The number of amides is 1. The summed E-state index contributed by atoms with van der Waals surface area (Å²) in [6.07, 6.45) is 3.08. The number of carbonyl (C=O) groups excluding carboxylic acids is 1. The van der Waals surface area contributed by atoms with Crippen LogP contribution in [0.4, 0.5) is 20.3 Å². The largest absolute Gasteiger partial charge is 0.383 e. The van der Waals surface area contributed by atoms with Crippen LogP contribution >= 0.6 is 0 Å². The lowest BCUT2D eigenvalue weighted by atomic mass is 9.94. The molecular weight excluding hydrogens is 436 g/mol. The number of aromatic nitrogens is 1. The summed E-state index contributed by atoms with van der Waals surface area (Å²) in [6, 6.07) is 10.8. The highest BCUT2D eigenvalue weighted by Crippen LogP contribution is 2.35. The van der Waals surface area contributed by atoms with Crippen molar-refractivity contribution in [3.05, 3.63) is 65.4 Å². The molecule has 1 fully saturated rings. The number of nitrogens with zero attached hydrogens (tertiary/aromatic N) is 3. The van der Waals surface area contributed by atoms with Crippen LogP contribution in [0.1, 0.15) is 22.3 Å². The van der Waals surface area contributed by atoms with Gasteiger partial charge in [0.05, 0.1) is 5.69 Å². The maximum absolute atomic E-state index is 15.2. The van der Waals surface area contributed by atoms with E-state index in [0.29, 0.717) is 48.8 Å². The second-order valence-corrected chi connectivity index (χ2v) is 9.15. The van der Waals surface area contributed by atoms with Gasteiger partial charge in [-0.25, -0.2) is 13.8 Å². The molecule has 34 heavy (non-hydrogen) atoms. The lowest BCUT2D eigenvalue weighted by Gasteiger charge is -2.23. The summed E-state index contributed by atoms with van der Waals surface area (Å²) in [7, 11) is 3.99. The number of nitrogen functional groups attached to an aromatic ring is 1. The highest BCUT2D eigenvalue weighted by Gasteiger charge is 2.28. The van der Waals surface area contributed by atoms with E-state index in [4.69, 9.17) is 5.73 Å². The lowest BCUT2D eigenvalue weighted by Crippen LogP contribution is -2.31. The molecule has 3 N–H and O–H groups in total. The first kappa shape index (κ1) is 22.3. The third-order valence-corrected chi connectivity index (χ3v) is 6.87. The third-order valence-electron chi connectivity index (χ3n) is 6.87. The summed E-state index contributed by atoms with van der Waals surface area (Å²) in [5, 5.41) is 2.82. The topological polar surface area (TPSA) is 74.5 Å². The molecule has 8 heteroatoms. The lowest BCUT2D eigenvalue weighted by molar-refractivity contribution is 0.0946. The fourth-order valence-electron chi connectivity index (χ4n) is 4.84. The van der Waals surface area contributed by atoms with Crippen molar-refractivity contribution in [2.45, 2.75) is 18.9 Å². The summed E-state index contributed by atoms with van der Waals surface area (Å²) in [5.41, 5.74) is 9.96. The number of nitrogens with two attached hydrogens (primary N) is 1. The van der Waals surface area contributed by atoms with Gasteiger partial charge in [0, 0.05) is 54.1 Å². The Morgan fingerprint density at radius 1 is 1.06 bits per heavy atom. The Hall–Kier alpha value is -3.52. The smallest absolute Gasteiger partial charge is 0.251 e. The van der Waals surface area contributed by atoms with Gasteiger partial charge in [0.25, 0.3) is 5.91 Å². The monoisotopic (exact) mass is 463 g/mol. The van der Waals surface area contributed by atoms with Crippen molar-refractivity contribution >= 4 is 17.4 Å². The highest BCUT2D eigenvalue weighted by atomic mass is 19.2. The number of rotatable bonds is 4. The molecule has 6 nitrogen and oxygen atoms in total. The molecule has 0 spiro atoms. The third kappa shape index (κ3) is 3.88. The number of hydrogen-bond acceptors (Lipinski definition) is 5. The Morgan fingerprint density at radius 2 is 1.85 bits per heavy atom. The zero-order valence-corrected chi connectivity index (χ0v) is 19.2. The molecule has 0 bridgehead atoms. The van der Waals surface area contributed by atoms with E-state index >= 15 is 8.78 Å². The first-order valence-corrected chi connectivity index (χ1v) is 11.4. The van der Waals surface area contributed by atoms with E-state index in [-0.39, 0.29) is 23.0 Å². The molecule has 2 aliphatic heterocycles. The summed E-state index contributed by atoms with van der Waals surface area (Å²) in [4.78, 5) is 20.3. The SMILES string of the molecule is CN(C)C1CCN(c2ccc(-c3cnc(N)c(-c4ccc5c(c4)CCNC5=O)c3)c(F)c2F)C1. The van der Waals surface area contributed by atoms with Crippen molar-refractivity contribution in [3.63, 3.8) is 0 Å². The van der Waals surface area contributed by atoms with Gasteiger partial charge in [0.2, 0.25) is 0 Å². The normalized spacial score (nSPS) is 17.7. The Balaban J connectivity index is 1.49. The Bertz CT molecular complexity index is 1280. The van der Waals surface area contributed by atoms with E-state index in [9.17, 15) is 4.79 Å². The molecular formula is C26H27F2N5O. The van der Waals surface area contributed by atoms with Crippen molar-refractivity contribution in [2.75, 3.05) is 44.4 Å². The molecule has 0 aliphatic carbocycles. The molecule has 2 aromatic carbocycles. The highest BCUT2D eigenvalue weighted by molar-refractivity contribution is 5.97. The molecule has 176 valence electrons. The first-order chi connectivity index (χ1) is 16.3. The van der Waals surface area contributed by atoms with Gasteiger partial charge in [-0.05, 0) is 62.3 Å². The minimum atomic E-state index is -0.898. The number of fused-ring (bicyclic) bond motifs is 1. The average Bonchev–Trinajstić information content (AvgIpc) is 3.32. The van der Waals surface area contributed by atoms with Crippen LogP contribution in [0, 0.1) is 11.6 Å². The maximum Gasteiger partial charge on any atom is 0.251 e. The van der Waals surface area contributed by atoms with Crippen LogP contribution in [-0.4, -0.2) is 55.6 Å². The van der Waals surface area contributed by atoms with Gasteiger partial charge in [-0.2, -0.15) is 0 Å². The zero-order valence-electron chi connectivity index (χ0n) is 19.2. The van der Waals surface area contributed by atoms with Crippen molar-refractivity contribution in [3.8, 4) is 22.3 Å². The molecule has 5 rings (SSSR count). The van der Waals surface area contributed by atoms with E-state index in [2.05, 4.69) is 15.2 Å². The molecule has 3 heterocycles. The van der Waals surface area contributed by atoms with Crippen LogP contribution < -0.4 is 16.0 Å². The number of anilines is 2. The number of hydrogen-bond donors (Lipinski definition) is 2. The van der Waals surface area contributed by atoms with Crippen molar-refractivity contribution in [1.29, 1.82) is 0 Å². The van der Waals surface area contributed by atoms with Crippen LogP contribution in [0.3, 0.4) is 0 Å². The van der Waals surface area contributed by atoms with Gasteiger partial charge in [-0.1, -0.05) is 12.1 Å². The van der Waals surface area contributed by atoms with Crippen LogP contribution in [0.15, 0.2) is 42.6 Å². The maximum atomic E-state index is 15.2.